The maximum absolute atomic E-state index is 9.44. The first-order valence-corrected chi connectivity index (χ1v) is 6.81. The molecule has 5 heteroatoms. The monoisotopic (exact) mass is 244 g/mol. The number of aromatic nitrogens is 2. The molecule has 0 aliphatic carbocycles. The van der Waals surface area contributed by atoms with Crippen LogP contribution in [0.3, 0.4) is 0 Å². The lowest BCUT2D eigenvalue weighted by atomic mass is 10.2. The van der Waals surface area contributed by atoms with E-state index in [0.29, 0.717) is 24.0 Å². The van der Waals surface area contributed by atoms with E-state index in [1.165, 1.54) is 0 Å². The molecule has 0 spiro atoms. The molecular formula is C11H20N2O2S. The summed E-state index contributed by atoms with van der Waals surface area (Å²) < 4.78 is 5.07. The number of nitrogens with zero attached hydrogens (tertiary/aromatic N) is 2. The molecule has 1 aromatic heterocycles. The second-order valence-corrected chi connectivity index (χ2v) is 5.33. The Balaban J connectivity index is 2.39. The molecule has 0 aliphatic heterocycles. The Morgan fingerprint density at radius 2 is 2.12 bits per heavy atom. The van der Waals surface area contributed by atoms with Crippen molar-refractivity contribution in [2.75, 3.05) is 0 Å². The van der Waals surface area contributed by atoms with Gasteiger partial charge in [-0.1, -0.05) is 25.9 Å². The van der Waals surface area contributed by atoms with Gasteiger partial charge in [0, 0.05) is 5.25 Å². The van der Waals surface area contributed by atoms with E-state index in [-0.39, 0.29) is 6.10 Å². The predicted molar refractivity (Wildman–Crippen MR) is 65.3 cm³/mol. The lowest BCUT2D eigenvalue weighted by Gasteiger charge is -2.04. The highest BCUT2D eigenvalue weighted by Crippen LogP contribution is 2.18. The van der Waals surface area contributed by atoms with E-state index in [4.69, 9.17) is 4.52 Å². The van der Waals surface area contributed by atoms with Crippen molar-refractivity contribution < 1.29 is 9.63 Å². The van der Waals surface area contributed by atoms with E-state index in [1.807, 2.05) is 18.7 Å². The van der Waals surface area contributed by atoms with E-state index < -0.39 is 0 Å². The molecule has 0 bridgehead atoms. The van der Waals surface area contributed by atoms with E-state index in [1.54, 1.807) is 0 Å². The number of hydrogen-bond donors (Lipinski definition) is 1. The first-order chi connectivity index (χ1) is 7.65. The highest BCUT2D eigenvalue weighted by Gasteiger charge is 2.11. The van der Waals surface area contributed by atoms with Crippen LogP contribution in [0.2, 0.25) is 0 Å². The molecule has 0 amide bonds. The summed E-state index contributed by atoms with van der Waals surface area (Å²) in [6.45, 7) is 6.28. The molecule has 16 heavy (non-hydrogen) atoms. The van der Waals surface area contributed by atoms with Crippen molar-refractivity contribution in [2.24, 2.45) is 0 Å². The van der Waals surface area contributed by atoms with Gasteiger partial charge in [0.15, 0.2) is 5.82 Å². The fourth-order valence-corrected chi connectivity index (χ4v) is 1.90. The second kappa shape index (κ2) is 6.91. The molecule has 0 aliphatic rings. The summed E-state index contributed by atoms with van der Waals surface area (Å²) in [5.41, 5.74) is 0. The molecule has 92 valence electrons. The van der Waals surface area contributed by atoms with Crippen LogP contribution in [0, 0.1) is 0 Å². The average molecular weight is 244 g/mol. The van der Waals surface area contributed by atoms with Crippen LogP contribution in [0.15, 0.2) is 4.52 Å². The third-order valence-corrected chi connectivity index (χ3v) is 3.79. The van der Waals surface area contributed by atoms with Crippen molar-refractivity contribution in [3.05, 3.63) is 11.7 Å². The standard InChI is InChI=1S/C11H20N2O2S/c1-4-8(3)16-7-10-12-11(15-13-10)6-9(14)5-2/h8-9,14H,4-7H2,1-3H3. The zero-order chi connectivity index (χ0) is 12.0. The molecule has 1 aromatic rings. The summed E-state index contributed by atoms with van der Waals surface area (Å²) >= 11 is 1.82. The third-order valence-electron chi connectivity index (χ3n) is 2.46. The predicted octanol–water partition coefficient (Wildman–Crippen LogP) is 2.41. The van der Waals surface area contributed by atoms with Gasteiger partial charge in [0.25, 0.3) is 0 Å². The van der Waals surface area contributed by atoms with Crippen LogP contribution < -0.4 is 0 Å². The largest absolute Gasteiger partial charge is 0.393 e. The molecular weight excluding hydrogens is 224 g/mol. The molecule has 0 fully saturated rings. The SMILES string of the molecule is CCC(O)Cc1nc(CSC(C)CC)no1. The van der Waals surface area contributed by atoms with Crippen LogP contribution in [0.5, 0.6) is 0 Å². The average Bonchev–Trinajstić information content (AvgIpc) is 2.73. The molecule has 2 atom stereocenters. The summed E-state index contributed by atoms with van der Waals surface area (Å²) in [6, 6.07) is 0. The Labute approximate surface area is 101 Å². The molecule has 1 rings (SSSR count). The lowest BCUT2D eigenvalue weighted by Crippen LogP contribution is -2.08. The number of aliphatic hydroxyl groups excluding tert-OH is 1. The zero-order valence-electron chi connectivity index (χ0n) is 10.1. The fourth-order valence-electron chi connectivity index (χ4n) is 1.11. The Kier molecular flexibility index (Phi) is 5.84. The molecule has 1 heterocycles. The second-order valence-electron chi connectivity index (χ2n) is 3.90. The molecule has 0 aromatic carbocycles. The number of thioether (sulfide) groups is 1. The van der Waals surface area contributed by atoms with E-state index in [9.17, 15) is 5.11 Å². The molecule has 0 saturated carbocycles. The quantitative estimate of drug-likeness (QED) is 0.798. The minimum absolute atomic E-state index is 0.379. The molecule has 0 saturated heterocycles. The topological polar surface area (TPSA) is 59.2 Å². The smallest absolute Gasteiger partial charge is 0.229 e. The van der Waals surface area contributed by atoms with Gasteiger partial charge in [-0.25, -0.2) is 0 Å². The summed E-state index contributed by atoms with van der Waals surface area (Å²) in [5, 5.41) is 13.9. The Morgan fingerprint density at radius 3 is 2.75 bits per heavy atom. The summed E-state index contributed by atoms with van der Waals surface area (Å²) in [6.07, 6.45) is 1.93. The Hall–Kier alpha value is -0.550. The summed E-state index contributed by atoms with van der Waals surface area (Å²) in [5.74, 6) is 2.04. The van der Waals surface area contributed by atoms with Crippen LogP contribution >= 0.6 is 11.8 Å². The van der Waals surface area contributed by atoms with Crippen molar-refractivity contribution in [2.45, 2.75) is 57.1 Å². The first kappa shape index (κ1) is 13.5. The van der Waals surface area contributed by atoms with Crippen LogP contribution in [0.1, 0.15) is 45.3 Å². The minimum Gasteiger partial charge on any atom is -0.393 e. The van der Waals surface area contributed by atoms with Crippen molar-refractivity contribution in [1.82, 2.24) is 10.1 Å². The minimum atomic E-state index is -0.379. The van der Waals surface area contributed by atoms with E-state index in [2.05, 4.69) is 24.0 Å². The van der Waals surface area contributed by atoms with Gasteiger partial charge in [0.05, 0.1) is 18.3 Å². The summed E-state index contributed by atoms with van der Waals surface area (Å²) in [7, 11) is 0. The van der Waals surface area contributed by atoms with Crippen LogP contribution in [-0.4, -0.2) is 26.6 Å². The number of rotatable bonds is 7. The van der Waals surface area contributed by atoms with E-state index in [0.717, 1.165) is 18.0 Å². The molecule has 1 N–H and O–H groups in total. The zero-order valence-corrected chi connectivity index (χ0v) is 11.0. The fraction of sp³-hybridized carbons (Fsp3) is 0.818. The van der Waals surface area contributed by atoms with Crippen LogP contribution in [0.4, 0.5) is 0 Å². The Bertz CT molecular complexity index is 304. The number of hydrogen-bond acceptors (Lipinski definition) is 5. The third kappa shape index (κ3) is 4.53. The highest BCUT2D eigenvalue weighted by molar-refractivity contribution is 7.99. The lowest BCUT2D eigenvalue weighted by molar-refractivity contribution is 0.158. The van der Waals surface area contributed by atoms with E-state index >= 15 is 0 Å². The maximum Gasteiger partial charge on any atom is 0.229 e. The summed E-state index contributed by atoms with van der Waals surface area (Å²) in [4.78, 5) is 4.25. The highest BCUT2D eigenvalue weighted by atomic mass is 32.2. The first-order valence-electron chi connectivity index (χ1n) is 5.76. The normalized spacial score (nSPS) is 15.0. The van der Waals surface area contributed by atoms with Crippen LogP contribution in [-0.2, 0) is 12.2 Å². The van der Waals surface area contributed by atoms with Crippen molar-refractivity contribution in [1.29, 1.82) is 0 Å². The van der Waals surface area contributed by atoms with Gasteiger partial charge in [0.1, 0.15) is 0 Å². The number of aliphatic hydroxyl groups is 1. The van der Waals surface area contributed by atoms with Gasteiger partial charge in [-0.05, 0) is 12.8 Å². The van der Waals surface area contributed by atoms with Gasteiger partial charge >= 0.3 is 0 Å². The molecule has 2 unspecified atom stereocenters. The maximum atomic E-state index is 9.44. The molecule has 0 radical (unpaired) electrons. The van der Waals surface area contributed by atoms with Gasteiger partial charge in [0.2, 0.25) is 5.89 Å². The van der Waals surface area contributed by atoms with Gasteiger partial charge in [-0.3, -0.25) is 0 Å². The Morgan fingerprint density at radius 1 is 1.38 bits per heavy atom. The van der Waals surface area contributed by atoms with Crippen molar-refractivity contribution >= 4 is 11.8 Å². The molecule has 4 nitrogen and oxygen atoms in total. The van der Waals surface area contributed by atoms with Gasteiger partial charge < -0.3 is 9.63 Å². The van der Waals surface area contributed by atoms with Gasteiger partial charge in [-0.15, -0.1) is 0 Å². The van der Waals surface area contributed by atoms with Crippen molar-refractivity contribution in [3.63, 3.8) is 0 Å². The van der Waals surface area contributed by atoms with Crippen molar-refractivity contribution in [3.8, 4) is 0 Å². The van der Waals surface area contributed by atoms with Gasteiger partial charge in [-0.2, -0.15) is 16.7 Å². The van der Waals surface area contributed by atoms with Crippen LogP contribution in [0.25, 0.3) is 0 Å².